The van der Waals surface area contributed by atoms with Crippen molar-refractivity contribution in [2.45, 2.75) is 51.6 Å². The number of amides is 1. The number of rotatable bonds is 4. The molecule has 0 unspecified atom stereocenters. The smallest absolute Gasteiger partial charge is 0.255 e. The van der Waals surface area contributed by atoms with Gasteiger partial charge in [0, 0.05) is 29.7 Å². The number of nitrogens with one attached hydrogen (secondary N) is 1. The van der Waals surface area contributed by atoms with E-state index in [0.717, 1.165) is 57.7 Å². The molecule has 162 valence electrons. The van der Waals surface area contributed by atoms with Crippen molar-refractivity contribution < 1.29 is 4.79 Å². The van der Waals surface area contributed by atoms with Gasteiger partial charge in [-0.3, -0.25) is 4.79 Å². The SMILES string of the molecule is Cc1nc(C)c(-c2csc(Nc3ccc(C(=O)N4[C@@H]5CC[C@H]4CC(=CC#N)C5)cn3)n2)s1. The van der Waals surface area contributed by atoms with Crippen LogP contribution in [0.3, 0.4) is 0 Å². The van der Waals surface area contributed by atoms with Crippen molar-refractivity contribution in [3.8, 4) is 16.6 Å². The number of fused-ring (bicyclic) bond motifs is 2. The maximum atomic E-state index is 13.2. The standard InChI is InChI=1S/C23H22N6OS2/c1-13-21(32-14(2)26-13)19-12-31-23(27-19)28-20-6-3-16(11-25-20)22(30)29-17-4-5-18(29)10-15(9-17)7-8-24/h3,6-7,11-12,17-18H,4-5,9-10H2,1-2H3,(H,25,27,28)/t17-,18+. The average molecular weight is 463 g/mol. The molecule has 2 atom stereocenters. The number of anilines is 2. The van der Waals surface area contributed by atoms with E-state index in [4.69, 9.17) is 5.26 Å². The molecule has 1 N–H and O–H groups in total. The highest BCUT2D eigenvalue weighted by molar-refractivity contribution is 7.16. The van der Waals surface area contributed by atoms with Crippen LogP contribution in [0.2, 0.25) is 0 Å². The molecule has 2 fully saturated rings. The quantitative estimate of drug-likeness (QED) is 0.533. The molecule has 3 aromatic heterocycles. The van der Waals surface area contributed by atoms with E-state index in [1.807, 2.05) is 36.3 Å². The molecule has 2 bridgehead atoms. The molecule has 2 aliphatic heterocycles. The van der Waals surface area contributed by atoms with Crippen LogP contribution in [0.15, 0.2) is 35.4 Å². The zero-order valence-electron chi connectivity index (χ0n) is 17.8. The van der Waals surface area contributed by atoms with Crippen molar-refractivity contribution in [3.05, 3.63) is 51.6 Å². The van der Waals surface area contributed by atoms with Gasteiger partial charge in [0.15, 0.2) is 5.13 Å². The molecular formula is C23H22N6OS2. The van der Waals surface area contributed by atoms with E-state index in [-0.39, 0.29) is 18.0 Å². The largest absolute Gasteiger partial charge is 0.332 e. The molecule has 3 aromatic rings. The maximum Gasteiger partial charge on any atom is 0.255 e. The summed E-state index contributed by atoms with van der Waals surface area (Å²) in [6, 6.07) is 6.15. The summed E-state index contributed by atoms with van der Waals surface area (Å²) in [5.41, 5.74) is 3.66. The fourth-order valence-corrected chi connectivity index (χ4v) is 6.31. The van der Waals surface area contributed by atoms with Crippen molar-refractivity contribution in [3.63, 3.8) is 0 Å². The van der Waals surface area contributed by atoms with Gasteiger partial charge in [0.05, 0.1) is 32.9 Å². The minimum Gasteiger partial charge on any atom is -0.332 e. The van der Waals surface area contributed by atoms with E-state index in [0.29, 0.717) is 11.4 Å². The first-order valence-corrected chi connectivity index (χ1v) is 12.2. The molecule has 0 aromatic carbocycles. The highest BCUT2D eigenvalue weighted by Gasteiger charge is 2.41. The Balaban J connectivity index is 1.27. The average Bonchev–Trinajstić information content (AvgIpc) is 3.44. The van der Waals surface area contributed by atoms with Crippen molar-refractivity contribution in [2.24, 2.45) is 0 Å². The van der Waals surface area contributed by atoms with E-state index in [9.17, 15) is 4.79 Å². The second-order valence-electron chi connectivity index (χ2n) is 8.18. The summed E-state index contributed by atoms with van der Waals surface area (Å²) in [6.07, 6.45) is 6.88. The molecule has 5 heterocycles. The molecule has 7 nitrogen and oxygen atoms in total. The summed E-state index contributed by atoms with van der Waals surface area (Å²) in [5, 5.41) is 16.0. The van der Waals surface area contributed by atoms with Gasteiger partial charge in [0.1, 0.15) is 5.82 Å². The number of piperidine rings is 1. The van der Waals surface area contributed by atoms with Crippen LogP contribution in [0.5, 0.6) is 0 Å². The number of carbonyl (C=O) groups is 1. The number of hydrogen-bond acceptors (Lipinski definition) is 8. The van der Waals surface area contributed by atoms with Crippen molar-refractivity contribution in [1.82, 2.24) is 19.9 Å². The number of allylic oxidation sites excluding steroid dienone is 1. The first-order chi connectivity index (χ1) is 15.5. The highest BCUT2D eigenvalue weighted by Crippen LogP contribution is 2.39. The van der Waals surface area contributed by atoms with E-state index in [2.05, 4.69) is 26.3 Å². The highest BCUT2D eigenvalue weighted by atomic mass is 32.1. The second-order valence-corrected chi connectivity index (χ2v) is 10.2. The third kappa shape index (κ3) is 3.92. The maximum absolute atomic E-state index is 13.2. The molecule has 5 rings (SSSR count). The Hall–Kier alpha value is -3.09. The lowest BCUT2D eigenvalue weighted by molar-refractivity contribution is 0.0634. The monoisotopic (exact) mass is 462 g/mol. The summed E-state index contributed by atoms with van der Waals surface area (Å²) in [7, 11) is 0. The first kappa shape index (κ1) is 20.8. The second kappa shape index (κ2) is 8.45. The Bertz CT molecular complexity index is 1220. The van der Waals surface area contributed by atoms with Crippen LogP contribution < -0.4 is 5.32 Å². The molecule has 0 spiro atoms. The van der Waals surface area contributed by atoms with Crippen LogP contribution in [0.4, 0.5) is 10.9 Å². The van der Waals surface area contributed by atoms with Crippen molar-refractivity contribution >= 4 is 39.5 Å². The number of nitrogens with zero attached hydrogens (tertiary/aromatic N) is 5. The van der Waals surface area contributed by atoms with Gasteiger partial charge in [-0.1, -0.05) is 5.57 Å². The molecule has 1 amide bonds. The van der Waals surface area contributed by atoms with Crippen LogP contribution in [0.1, 0.15) is 46.7 Å². The van der Waals surface area contributed by atoms with Gasteiger partial charge in [0.25, 0.3) is 5.91 Å². The van der Waals surface area contributed by atoms with Gasteiger partial charge in [-0.25, -0.2) is 15.0 Å². The van der Waals surface area contributed by atoms with Gasteiger partial charge >= 0.3 is 0 Å². The van der Waals surface area contributed by atoms with Crippen molar-refractivity contribution in [1.29, 1.82) is 5.26 Å². The third-order valence-corrected chi connectivity index (χ3v) is 7.86. The van der Waals surface area contributed by atoms with Crippen LogP contribution >= 0.6 is 22.7 Å². The first-order valence-electron chi connectivity index (χ1n) is 10.5. The Kier molecular flexibility index (Phi) is 5.49. The van der Waals surface area contributed by atoms with E-state index >= 15 is 0 Å². The van der Waals surface area contributed by atoms with Gasteiger partial charge in [-0.2, -0.15) is 5.26 Å². The Morgan fingerprint density at radius 3 is 2.66 bits per heavy atom. The third-order valence-electron chi connectivity index (χ3n) is 6.00. The van der Waals surface area contributed by atoms with E-state index in [1.165, 1.54) is 11.3 Å². The normalized spacial score (nSPS) is 21.0. The van der Waals surface area contributed by atoms with Crippen LogP contribution in [-0.4, -0.2) is 37.8 Å². The van der Waals surface area contributed by atoms with E-state index in [1.54, 1.807) is 23.6 Å². The van der Waals surface area contributed by atoms with Crippen molar-refractivity contribution in [2.75, 3.05) is 5.32 Å². The topological polar surface area (TPSA) is 94.8 Å². The number of aromatic nitrogens is 3. The zero-order valence-corrected chi connectivity index (χ0v) is 19.5. The molecule has 2 saturated heterocycles. The molecule has 0 saturated carbocycles. The summed E-state index contributed by atoms with van der Waals surface area (Å²) < 4.78 is 0. The molecule has 2 aliphatic rings. The molecule has 0 aliphatic carbocycles. The Morgan fingerprint density at radius 2 is 2.03 bits per heavy atom. The summed E-state index contributed by atoms with van der Waals surface area (Å²) >= 11 is 3.16. The van der Waals surface area contributed by atoms with Gasteiger partial charge in [0.2, 0.25) is 0 Å². The minimum atomic E-state index is 0.0279. The summed E-state index contributed by atoms with van der Waals surface area (Å²) in [6.45, 7) is 3.99. The van der Waals surface area contributed by atoms with Gasteiger partial charge in [-0.15, -0.1) is 22.7 Å². The number of pyridine rings is 1. The van der Waals surface area contributed by atoms with Crippen LogP contribution in [0, 0.1) is 25.2 Å². The zero-order chi connectivity index (χ0) is 22.2. The number of hydrogen-bond donors (Lipinski definition) is 1. The molecular weight excluding hydrogens is 440 g/mol. The number of carbonyl (C=O) groups excluding carboxylic acids is 1. The Morgan fingerprint density at radius 1 is 1.25 bits per heavy atom. The van der Waals surface area contributed by atoms with E-state index < -0.39 is 0 Å². The lowest BCUT2D eigenvalue weighted by Gasteiger charge is -2.36. The minimum absolute atomic E-state index is 0.0279. The van der Waals surface area contributed by atoms with Crippen LogP contribution in [-0.2, 0) is 0 Å². The Labute approximate surface area is 194 Å². The number of thiazole rings is 2. The number of nitriles is 1. The lowest BCUT2D eigenvalue weighted by Crippen LogP contribution is -2.44. The molecule has 32 heavy (non-hydrogen) atoms. The predicted octanol–water partition coefficient (Wildman–Crippen LogP) is 5.24. The van der Waals surface area contributed by atoms with Gasteiger partial charge < -0.3 is 10.2 Å². The summed E-state index contributed by atoms with van der Waals surface area (Å²) in [5.74, 6) is 0.681. The fraction of sp³-hybridized carbons (Fsp3) is 0.348. The molecule has 0 radical (unpaired) electrons. The van der Waals surface area contributed by atoms with Gasteiger partial charge in [-0.05, 0) is 51.7 Å². The molecule has 9 heteroatoms. The summed E-state index contributed by atoms with van der Waals surface area (Å²) in [4.78, 5) is 29.8. The predicted molar refractivity (Wildman–Crippen MR) is 126 cm³/mol. The van der Waals surface area contributed by atoms with Crippen LogP contribution in [0.25, 0.3) is 10.6 Å². The fourth-order valence-electron chi connectivity index (χ4n) is 4.65. The number of aryl methyl sites for hydroxylation is 2. The lowest BCUT2D eigenvalue weighted by atomic mass is 9.96.